The summed E-state index contributed by atoms with van der Waals surface area (Å²) in [6.07, 6.45) is 3.51. The molecule has 5 rings (SSSR count). The van der Waals surface area contributed by atoms with Crippen LogP contribution in [0.15, 0.2) is 103 Å². The second-order valence-corrected chi connectivity index (χ2v) is 10.9. The zero-order valence-corrected chi connectivity index (χ0v) is 23.5. The highest BCUT2D eigenvalue weighted by Gasteiger charge is 2.34. The molecular weight excluding hydrogens is 510 g/mol. The lowest BCUT2D eigenvalue weighted by Gasteiger charge is -2.35. The summed E-state index contributed by atoms with van der Waals surface area (Å²) >= 11 is 0. The van der Waals surface area contributed by atoms with Crippen LogP contribution in [-0.4, -0.2) is 41.9 Å². The Morgan fingerprint density at radius 1 is 0.780 bits per heavy atom. The molecule has 1 saturated carbocycles. The lowest BCUT2D eigenvalue weighted by atomic mass is 9.83. The van der Waals surface area contributed by atoms with Gasteiger partial charge in [0.2, 0.25) is 11.8 Å². The van der Waals surface area contributed by atoms with Crippen molar-refractivity contribution < 1.29 is 14.4 Å². The molecule has 3 atom stereocenters. The van der Waals surface area contributed by atoms with E-state index in [1.54, 1.807) is 24.1 Å². The minimum absolute atomic E-state index is 0.0696. The Kier molecular flexibility index (Phi) is 9.09. The Bertz CT molecular complexity index is 1490. The van der Waals surface area contributed by atoms with Gasteiger partial charge in [0.25, 0.3) is 5.91 Å². The Hall–Kier alpha value is -4.45. The molecule has 0 spiro atoms. The molecule has 1 fully saturated rings. The first-order chi connectivity index (χ1) is 20.0. The van der Waals surface area contributed by atoms with Gasteiger partial charge in [0, 0.05) is 25.1 Å². The molecule has 1 aliphatic rings. The van der Waals surface area contributed by atoms with E-state index in [2.05, 4.69) is 41.0 Å². The van der Waals surface area contributed by atoms with Crippen LogP contribution in [0.4, 0.5) is 0 Å². The van der Waals surface area contributed by atoms with Crippen molar-refractivity contribution in [3.63, 3.8) is 0 Å². The van der Waals surface area contributed by atoms with Crippen LogP contribution in [0.25, 0.3) is 10.8 Å². The third-order valence-electron chi connectivity index (χ3n) is 8.07. The van der Waals surface area contributed by atoms with E-state index in [0.717, 1.165) is 41.2 Å². The molecule has 2 N–H and O–H groups in total. The van der Waals surface area contributed by atoms with E-state index in [9.17, 15) is 14.4 Å². The number of benzene rings is 4. The fourth-order valence-electron chi connectivity index (χ4n) is 5.67. The van der Waals surface area contributed by atoms with Gasteiger partial charge in [0.1, 0.15) is 6.17 Å². The lowest BCUT2D eigenvalue weighted by molar-refractivity contribution is -0.135. The van der Waals surface area contributed by atoms with Gasteiger partial charge in [-0.2, -0.15) is 0 Å². The summed E-state index contributed by atoms with van der Waals surface area (Å²) < 4.78 is 0. The molecule has 0 heterocycles. The van der Waals surface area contributed by atoms with Gasteiger partial charge >= 0.3 is 0 Å². The molecule has 1 unspecified atom stereocenters. The highest BCUT2D eigenvalue weighted by atomic mass is 16.2. The van der Waals surface area contributed by atoms with Gasteiger partial charge in [-0.15, -0.1) is 0 Å². The van der Waals surface area contributed by atoms with Crippen LogP contribution < -0.4 is 10.6 Å². The summed E-state index contributed by atoms with van der Waals surface area (Å²) in [5.74, 6) is -0.737. The van der Waals surface area contributed by atoms with Crippen LogP contribution in [0.1, 0.15) is 47.2 Å². The average molecular weight is 548 g/mol. The van der Waals surface area contributed by atoms with Gasteiger partial charge in [0.05, 0.1) is 12.3 Å². The van der Waals surface area contributed by atoms with Crippen molar-refractivity contribution in [3.05, 3.63) is 120 Å². The number of carbonyl (C=O) groups excluding carboxylic acids is 3. The molecule has 3 amide bonds. The van der Waals surface area contributed by atoms with Crippen LogP contribution >= 0.6 is 0 Å². The first-order valence-corrected chi connectivity index (χ1v) is 14.4. The standard InChI is InChI=1S/C35H37N3O3/c1-38(33(39)24-25-12-4-2-5-13-25)32(23-26-20-21-27-14-8-9-17-29(27)22-26)37-35(41)30-18-10-11-19-31(30)36-34(40)28-15-6-3-7-16-28/h2-9,12-17,20-22,30-32H,10-11,18-19,23-24H2,1H3,(H,36,40)(H,37,41)/t30-,31+,32?/m1/s1. The van der Waals surface area contributed by atoms with Gasteiger partial charge in [-0.1, -0.05) is 104 Å². The Morgan fingerprint density at radius 3 is 2.20 bits per heavy atom. The molecule has 0 bridgehead atoms. The summed E-state index contributed by atoms with van der Waals surface area (Å²) in [6.45, 7) is 0. The number of rotatable bonds is 9. The minimum Gasteiger partial charge on any atom is -0.349 e. The van der Waals surface area contributed by atoms with E-state index in [4.69, 9.17) is 0 Å². The van der Waals surface area contributed by atoms with Crippen LogP contribution in [0, 0.1) is 5.92 Å². The number of amides is 3. The summed E-state index contributed by atoms with van der Waals surface area (Å²) in [5.41, 5.74) is 2.54. The molecular formula is C35H37N3O3. The molecule has 0 saturated heterocycles. The molecule has 6 nitrogen and oxygen atoms in total. The number of likely N-dealkylation sites (N-methyl/N-ethyl adjacent to an activating group) is 1. The van der Waals surface area contributed by atoms with E-state index in [1.807, 2.05) is 60.7 Å². The fourth-order valence-corrected chi connectivity index (χ4v) is 5.67. The maximum Gasteiger partial charge on any atom is 0.251 e. The smallest absolute Gasteiger partial charge is 0.251 e. The van der Waals surface area contributed by atoms with Crippen molar-refractivity contribution >= 4 is 28.5 Å². The molecule has 4 aromatic rings. The molecule has 0 aromatic heterocycles. The summed E-state index contributed by atoms with van der Waals surface area (Å²) in [4.78, 5) is 41.8. The van der Waals surface area contributed by atoms with Gasteiger partial charge in [-0.05, 0) is 46.9 Å². The highest BCUT2D eigenvalue weighted by Crippen LogP contribution is 2.26. The van der Waals surface area contributed by atoms with Crippen molar-refractivity contribution in [1.82, 2.24) is 15.5 Å². The van der Waals surface area contributed by atoms with Crippen molar-refractivity contribution in [3.8, 4) is 0 Å². The molecule has 41 heavy (non-hydrogen) atoms. The van der Waals surface area contributed by atoms with Crippen molar-refractivity contribution in [2.24, 2.45) is 5.92 Å². The molecule has 4 aromatic carbocycles. The number of carbonyl (C=O) groups is 3. The first kappa shape index (κ1) is 28.1. The van der Waals surface area contributed by atoms with Gasteiger partial charge in [-0.3, -0.25) is 14.4 Å². The predicted octanol–water partition coefficient (Wildman–Crippen LogP) is 5.51. The maximum absolute atomic E-state index is 13.8. The van der Waals surface area contributed by atoms with E-state index in [-0.39, 0.29) is 36.1 Å². The first-order valence-electron chi connectivity index (χ1n) is 14.4. The number of nitrogens with one attached hydrogen (secondary N) is 2. The topological polar surface area (TPSA) is 78.5 Å². The minimum atomic E-state index is -0.535. The van der Waals surface area contributed by atoms with Crippen molar-refractivity contribution in [1.29, 1.82) is 0 Å². The van der Waals surface area contributed by atoms with E-state index in [0.29, 0.717) is 18.4 Å². The molecule has 1 aliphatic carbocycles. The largest absolute Gasteiger partial charge is 0.349 e. The van der Waals surface area contributed by atoms with E-state index >= 15 is 0 Å². The van der Waals surface area contributed by atoms with E-state index < -0.39 is 6.17 Å². The molecule has 6 heteroatoms. The van der Waals surface area contributed by atoms with Gasteiger partial charge in [-0.25, -0.2) is 0 Å². The third-order valence-corrected chi connectivity index (χ3v) is 8.07. The third kappa shape index (κ3) is 7.20. The lowest BCUT2D eigenvalue weighted by Crippen LogP contribution is -2.55. The Labute approximate surface area is 241 Å². The number of hydrogen-bond acceptors (Lipinski definition) is 3. The van der Waals surface area contributed by atoms with Crippen LogP contribution in [0.2, 0.25) is 0 Å². The Morgan fingerprint density at radius 2 is 1.44 bits per heavy atom. The molecule has 0 radical (unpaired) electrons. The quantitative estimate of drug-likeness (QED) is 0.271. The maximum atomic E-state index is 13.8. The number of nitrogens with zero attached hydrogens (tertiary/aromatic N) is 1. The zero-order chi connectivity index (χ0) is 28.6. The predicted molar refractivity (Wildman–Crippen MR) is 162 cm³/mol. The fraction of sp³-hybridized carbons (Fsp3) is 0.286. The highest BCUT2D eigenvalue weighted by molar-refractivity contribution is 5.95. The SMILES string of the molecule is CN(C(=O)Cc1ccccc1)C(Cc1ccc2ccccc2c1)NC(=O)[C@@H]1CCCC[C@@H]1NC(=O)c1ccccc1. The number of fused-ring (bicyclic) bond motifs is 1. The molecule has 210 valence electrons. The van der Waals surface area contributed by atoms with Crippen LogP contribution in [-0.2, 0) is 22.4 Å². The van der Waals surface area contributed by atoms with Crippen LogP contribution in [0.5, 0.6) is 0 Å². The monoisotopic (exact) mass is 547 g/mol. The van der Waals surface area contributed by atoms with Gasteiger partial charge in [0.15, 0.2) is 0 Å². The number of hydrogen-bond donors (Lipinski definition) is 2. The Balaban J connectivity index is 1.35. The molecule has 0 aliphatic heterocycles. The van der Waals surface area contributed by atoms with Gasteiger partial charge < -0.3 is 15.5 Å². The summed E-state index contributed by atoms with van der Waals surface area (Å²) in [5, 5.41) is 8.58. The van der Waals surface area contributed by atoms with E-state index in [1.165, 1.54) is 0 Å². The van der Waals surface area contributed by atoms with Crippen molar-refractivity contribution in [2.75, 3.05) is 7.05 Å². The second-order valence-electron chi connectivity index (χ2n) is 10.9. The normalized spacial score (nSPS) is 17.4. The van der Waals surface area contributed by atoms with Crippen molar-refractivity contribution in [2.45, 2.75) is 50.7 Å². The van der Waals surface area contributed by atoms with Crippen LogP contribution in [0.3, 0.4) is 0 Å². The second kappa shape index (κ2) is 13.3. The summed E-state index contributed by atoms with van der Waals surface area (Å²) in [6, 6.07) is 32.9. The average Bonchev–Trinajstić information content (AvgIpc) is 3.01. The summed E-state index contributed by atoms with van der Waals surface area (Å²) in [7, 11) is 1.76. The zero-order valence-electron chi connectivity index (χ0n) is 23.5.